The number of fused-ring (bicyclic) bond motifs is 1. The Bertz CT molecular complexity index is 543. The lowest BCUT2D eigenvalue weighted by molar-refractivity contribution is 0.354. The van der Waals surface area contributed by atoms with Crippen molar-refractivity contribution in [1.29, 1.82) is 0 Å². The Morgan fingerprint density at radius 1 is 1.12 bits per heavy atom. The van der Waals surface area contributed by atoms with Gasteiger partial charge in [-0.2, -0.15) is 0 Å². The van der Waals surface area contributed by atoms with Crippen LogP contribution in [0.3, 0.4) is 0 Å². The molecule has 2 rings (SSSR count). The molecule has 2 aromatic rings. The van der Waals surface area contributed by atoms with Crippen LogP contribution in [0.1, 0.15) is 0 Å². The molecule has 0 bridgehead atoms. The van der Waals surface area contributed by atoms with E-state index in [1.807, 2.05) is 12.1 Å². The Morgan fingerprint density at radius 2 is 1.88 bits per heavy atom. The van der Waals surface area contributed by atoms with Gasteiger partial charge in [0.1, 0.15) is 4.60 Å². The molecule has 0 radical (unpaired) electrons. The minimum absolute atomic E-state index is 0.676. The van der Waals surface area contributed by atoms with Crippen LogP contribution >= 0.6 is 31.9 Å². The average molecular weight is 347 g/mol. The first kappa shape index (κ1) is 11.7. The minimum atomic E-state index is 0.676. The van der Waals surface area contributed by atoms with E-state index in [-0.39, 0.29) is 0 Å². The molecule has 84 valence electrons. The van der Waals surface area contributed by atoms with Gasteiger partial charge in [-0.15, -0.1) is 0 Å². The van der Waals surface area contributed by atoms with Crippen molar-refractivity contribution in [3.63, 3.8) is 0 Å². The molecule has 0 saturated carbocycles. The van der Waals surface area contributed by atoms with Crippen LogP contribution in [0.5, 0.6) is 11.5 Å². The number of hydrogen-bond donors (Lipinski definition) is 0. The summed E-state index contributed by atoms with van der Waals surface area (Å²) >= 11 is 6.93. The van der Waals surface area contributed by atoms with Crippen LogP contribution in [0.2, 0.25) is 0 Å². The van der Waals surface area contributed by atoms with Crippen LogP contribution in [0.25, 0.3) is 10.8 Å². The number of nitrogens with zero attached hydrogens (tertiary/aromatic N) is 1. The van der Waals surface area contributed by atoms with Crippen LogP contribution in [0, 0.1) is 0 Å². The van der Waals surface area contributed by atoms with Gasteiger partial charge in [-0.3, -0.25) is 0 Å². The maximum absolute atomic E-state index is 5.31. The summed E-state index contributed by atoms with van der Waals surface area (Å²) in [5.41, 5.74) is 0. The molecule has 1 heterocycles. The normalized spacial score (nSPS) is 10.5. The van der Waals surface area contributed by atoms with Crippen molar-refractivity contribution in [3.05, 3.63) is 27.4 Å². The van der Waals surface area contributed by atoms with Crippen molar-refractivity contribution in [2.45, 2.75) is 0 Å². The predicted molar refractivity (Wildman–Crippen MR) is 70.2 cm³/mol. The third-order valence-electron chi connectivity index (χ3n) is 2.30. The van der Waals surface area contributed by atoms with Gasteiger partial charge in [0.25, 0.3) is 0 Å². The van der Waals surface area contributed by atoms with E-state index in [1.54, 1.807) is 20.4 Å². The van der Waals surface area contributed by atoms with Crippen molar-refractivity contribution in [2.75, 3.05) is 14.2 Å². The molecule has 0 saturated heterocycles. The smallest absolute Gasteiger partial charge is 0.175 e. The monoisotopic (exact) mass is 345 g/mol. The molecule has 0 spiro atoms. The van der Waals surface area contributed by atoms with E-state index in [0.29, 0.717) is 11.5 Å². The van der Waals surface area contributed by atoms with Crippen molar-refractivity contribution < 1.29 is 9.47 Å². The van der Waals surface area contributed by atoms with Gasteiger partial charge in [-0.25, -0.2) is 4.98 Å². The van der Waals surface area contributed by atoms with Crippen molar-refractivity contribution in [1.82, 2.24) is 4.98 Å². The third kappa shape index (κ3) is 1.78. The fraction of sp³-hybridized carbons (Fsp3) is 0.182. The zero-order chi connectivity index (χ0) is 11.7. The number of halogens is 2. The number of hydrogen-bond acceptors (Lipinski definition) is 3. The highest BCUT2D eigenvalue weighted by Crippen LogP contribution is 2.42. The van der Waals surface area contributed by atoms with Crippen LogP contribution in [0.4, 0.5) is 0 Å². The van der Waals surface area contributed by atoms with Crippen LogP contribution in [0.15, 0.2) is 27.4 Å². The van der Waals surface area contributed by atoms with Crippen molar-refractivity contribution in [3.8, 4) is 11.5 Å². The minimum Gasteiger partial charge on any atom is -0.493 e. The van der Waals surface area contributed by atoms with Gasteiger partial charge >= 0.3 is 0 Å². The van der Waals surface area contributed by atoms with E-state index < -0.39 is 0 Å². The average Bonchev–Trinajstić information content (AvgIpc) is 2.30. The number of aromatic nitrogens is 1. The summed E-state index contributed by atoms with van der Waals surface area (Å²) < 4.78 is 12.2. The van der Waals surface area contributed by atoms with E-state index in [0.717, 1.165) is 19.8 Å². The molecule has 3 nitrogen and oxygen atoms in total. The van der Waals surface area contributed by atoms with E-state index >= 15 is 0 Å². The lowest BCUT2D eigenvalue weighted by atomic mass is 10.1. The van der Waals surface area contributed by atoms with Crippen LogP contribution < -0.4 is 9.47 Å². The van der Waals surface area contributed by atoms with Gasteiger partial charge in [-0.05, 0) is 44.0 Å². The maximum Gasteiger partial charge on any atom is 0.175 e. The Morgan fingerprint density at radius 3 is 2.50 bits per heavy atom. The molecule has 1 aromatic heterocycles. The molecular formula is C11H9Br2NO2. The molecule has 0 N–H and O–H groups in total. The third-order valence-corrected chi connectivity index (χ3v) is 3.72. The van der Waals surface area contributed by atoms with E-state index in [2.05, 4.69) is 36.8 Å². The molecule has 0 unspecified atom stereocenters. The first-order chi connectivity index (χ1) is 7.69. The second-order valence-corrected chi connectivity index (χ2v) is 4.67. The molecule has 0 amide bonds. The fourth-order valence-corrected chi connectivity index (χ4v) is 2.69. The number of ether oxygens (including phenoxy) is 2. The van der Waals surface area contributed by atoms with Gasteiger partial charge in [-0.1, -0.05) is 0 Å². The summed E-state index contributed by atoms with van der Waals surface area (Å²) in [5, 5.41) is 2.01. The molecule has 16 heavy (non-hydrogen) atoms. The second-order valence-electron chi connectivity index (χ2n) is 3.12. The Hall–Kier alpha value is -0.810. The van der Waals surface area contributed by atoms with Gasteiger partial charge in [0.2, 0.25) is 0 Å². The van der Waals surface area contributed by atoms with E-state index in [1.165, 1.54) is 0 Å². The summed E-state index contributed by atoms with van der Waals surface area (Å²) in [4.78, 5) is 4.18. The Labute approximate surface area is 110 Å². The van der Waals surface area contributed by atoms with Gasteiger partial charge < -0.3 is 9.47 Å². The van der Waals surface area contributed by atoms with E-state index in [4.69, 9.17) is 9.47 Å². The molecule has 0 aliphatic carbocycles. The highest BCUT2D eigenvalue weighted by Gasteiger charge is 2.14. The summed E-state index contributed by atoms with van der Waals surface area (Å²) in [5.74, 6) is 1.36. The topological polar surface area (TPSA) is 31.4 Å². The standard InChI is InChI=1S/C11H9Br2NO2/c1-15-8-5-7-6(3-4-14-11(7)13)9(12)10(8)16-2/h3-5H,1-2H3. The summed E-state index contributed by atoms with van der Waals surface area (Å²) in [6.45, 7) is 0. The molecule has 1 aromatic carbocycles. The lowest BCUT2D eigenvalue weighted by Crippen LogP contribution is -1.93. The summed E-state index contributed by atoms with van der Waals surface area (Å²) in [6, 6.07) is 3.82. The van der Waals surface area contributed by atoms with Gasteiger partial charge in [0.05, 0.1) is 18.7 Å². The second kappa shape index (κ2) is 4.59. The zero-order valence-corrected chi connectivity index (χ0v) is 11.9. The highest BCUT2D eigenvalue weighted by molar-refractivity contribution is 9.11. The highest BCUT2D eigenvalue weighted by atomic mass is 79.9. The maximum atomic E-state index is 5.31. The van der Waals surface area contributed by atoms with E-state index in [9.17, 15) is 0 Å². The van der Waals surface area contributed by atoms with Crippen LogP contribution in [-0.2, 0) is 0 Å². The Kier molecular flexibility index (Phi) is 3.35. The van der Waals surface area contributed by atoms with Gasteiger partial charge in [0, 0.05) is 17.0 Å². The van der Waals surface area contributed by atoms with Gasteiger partial charge in [0.15, 0.2) is 11.5 Å². The number of benzene rings is 1. The molecule has 5 heteroatoms. The molecule has 0 fully saturated rings. The summed E-state index contributed by atoms with van der Waals surface area (Å²) in [7, 11) is 3.23. The van der Waals surface area contributed by atoms with Crippen molar-refractivity contribution >= 4 is 42.6 Å². The quantitative estimate of drug-likeness (QED) is 0.775. The number of pyridine rings is 1. The van der Waals surface area contributed by atoms with Crippen molar-refractivity contribution in [2.24, 2.45) is 0 Å². The molecule has 0 atom stereocenters. The largest absolute Gasteiger partial charge is 0.493 e. The Balaban J connectivity index is 2.87. The molecule has 0 aliphatic heterocycles. The molecule has 0 aliphatic rings. The summed E-state index contributed by atoms with van der Waals surface area (Å²) in [6.07, 6.45) is 1.74. The lowest BCUT2D eigenvalue weighted by Gasteiger charge is -2.12. The number of methoxy groups -OCH3 is 2. The number of rotatable bonds is 2. The first-order valence-corrected chi connectivity index (χ1v) is 6.12. The SMILES string of the molecule is COc1cc2c(Br)nccc2c(Br)c1OC. The zero-order valence-electron chi connectivity index (χ0n) is 8.75. The molecular weight excluding hydrogens is 338 g/mol. The van der Waals surface area contributed by atoms with Crippen LogP contribution in [-0.4, -0.2) is 19.2 Å². The fourth-order valence-electron chi connectivity index (χ4n) is 1.55. The predicted octanol–water partition coefficient (Wildman–Crippen LogP) is 3.78. The first-order valence-electron chi connectivity index (χ1n) is 4.53.